The molecule has 17 heavy (non-hydrogen) atoms. The average molecular weight is 233 g/mol. The SMILES string of the molecule is O=CCCNC(=O)c1ccc2c(c1)COC2=O. The van der Waals surface area contributed by atoms with Crippen LogP contribution in [0.2, 0.25) is 0 Å². The number of esters is 1. The standard InChI is InChI=1S/C12H11NO4/c14-5-1-4-13-11(15)8-2-3-10-9(6-8)7-17-12(10)16/h2-3,5-6H,1,4,7H2,(H,13,15). The Hall–Kier alpha value is -2.17. The molecule has 1 aromatic carbocycles. The summed E-state index contributed by atoms with van der Waals surface area (Å²) in [5.74, 6) is -0.609. The van der Waals surface area contributed by atoms with E-state index in [0.717, 1.165) is 11.8 Å². The van der Waals surface area contributed by atoms with Gasteiger partial charge >= 0.3 is 5.97 Å². The molecular formula is C12H11NO4. The first-order valence-electron chi connectivity index (χ1n) is 5.24. The Morgan fingerprint density at radius 2 is 2.29 bits per heavy atom. The zero-order valence-electron chi connectivity index (χ0n) is 9.06. The maximum absolute atomic E-state index is 11.6. The minimum Gasteiger partial charge on any atom is -0.457 e. The summed E-state index contributed by atoms with van der Waals surface area (Å²) in [5.41, 5.74) is 1.69. The molecule has 0 spiro atoms. The molecule has 1 aliphatic rings. The van der Waals surface area contributed by atoms with E-state index < -0.39 is 0 Å². The van der Waals surface area contributed by atoms with Crippen LogP contribution in [-0.4, -0.2) is 24.7 Å². The Labute approximate surface area is 97.8 Å². The maximum atomic E-state index is 11.6. The summed E-state index contributed by atoms with van der Waals surface area (Å²) in [6.45, 7) is 0.526. The van der Waals surface area contributed by atoms with Gasteiger partial charge in [0.1, 0.15) is 12.9 Å². The van der Waals surface area contributed by atoms with E-state index in [0.29, 0.717) is 17.7 Å². The normalized spacial score (nSPS) is 12.8. The molecule has 0 saturated carbocycles. The fourth-order valence-corrected chi connectivity index (χ4v) is 1.62. The minimum atomic E-state index is -0.354. The van der Waals surface area contributed by atoms with Gasteiger partial charge in [-0.15, -0.1) is 0 Å². The number of cyclic esters (lactones) is 1. The molecule has 0 radical (unpaired) electrons. The quantitative estimate of drug-likeness (QED) is 0.471. The summed E-state index contributed by atoms with van der Waals surface area (Å²) in [6.07, 6.45) is 1.04. The summed E-state index contributed by atoms with van der Waals surface area (Å²) < 4.78 is 4.84. The van der Waals surface area contributed by atoms with Gasteiger partial charge in [-0.25, -0.2) is 4.79 Å². The predicted octanol–water partition coefficient (Wildman–Crippen LogP) is 0.676. The zero-order valence-corrected chi connectivity index (χ0v) is 9.06. The third-order valence-electron chi connectivity index (χ3n) is 2.49. The number of rotatable bonds is 4. The number of hydrogen-bond acceptors (Lipinski definition) is 4. The van der Waals surface area contributed by atoms with E-state index in [2.05, 4.69) is 5.32 Å². The van der Waals surface area contributed by atoms with Gasteiger partial charge in [0.05, 0.1) is 5.56 Å². The maximum Gasteiger partial charge on any atom is 0.338 e. The number of carbonyl (C=O) groups is 3. The summed E-state index contributed by atoms with van der Waals surface area (Å²) in [7, 11) is 0. The molecule has 0 fully saturated rings. The topological polar surface area (TPSA) is 72.5 Å². The highest BCUT2D eigenvalue weighted by Crippen LogP contribution is 2.20. The van der Waals surface area contributed by atoms with Gasteiger partial charge in [-0.3, -0.25) is 4.79 Å². The summed E-state index contributed by atoms with van der Waals surface area (Å²) in [4.78, 5) is 33.0. The van der Waals surface area contributed by atoms with E-state index in [1.165, 1.54) is 0 Å². The van der Waals surface area contributed by atoms with Crippen LogP contribution in [0.4, 0.5) is 0 Å². The Morgan fingerprint density at radius 1 is 1.47 bits per heavy atom. The van der Waals surface area contributed by atoms with Crippen LogP contribution in [0.15, 0.2) is 18.2 Å². The van der Waals surface area contributed by atoms with Gasteiger partial charge in [-0.05, 0) is 18.2 Å². The Balaban J connectivity index is 2.10. The second-order valence-corrected chi connectivity index (χ2v) is 3.66. The van der Waals surface area contributed by atoms with Gasteiger partial charge in [0, 0.05) is 24.1 Å². The fourth-order valence-electron chi connectivity index (χ4n) is 1.62. The van der Waals surface area contributed by atoms with Crippen molar-refractivity contribution in [3.8, 4) is 0 Å². The molecule has 1 amide bonds. The van der Waals surface area contributed by atoms with Crippen molar-refractivity contribution in [2.24, 2.45) is 0 Å². The summed E-state index contributed by atoms with van der Waals surface area (Å²) in [5, 5.41) is 2.61. The van der Waals surface area contributed by atoms with Crippen molar-refractivity contribution in [3.63, 3.8) is 0 Å². The summed E-state index contributed by atoms with van der Waals surface area (Å²) >= 11 is 0. The Morgan fingerprint density at radius 3 is 3.06 bits per heavy atom. The summed E-state index contributed by atoms with van der Waals surface area (Å²) in [6, 6.07) is 4.79. The molecule has 0 unspecified atom stereocenters. The van der Waals surface area contributed by atoms with Crippen molar-refractivity contribution in [2.75, 3.05) is 6.54 Å². The molecule has 0 saturated heterocycles. The molecule has 0 aliphatic carbocycles. The van der Waals surface area contributed by atoms with E-state index in [9.17, 15) is 14.4 Å². The molecule has 0 aromatic heterocycles. The van der Waals surface area contributed by atoms with Crippen LogP contribution < -0.4 is 5.32 Å². The molecule has 0 bridgehead atoms. The molecular weight excluding hydrogens is 222 g/mol. The first-order valence-corrected chi connectivity index (χ1v) is 5.24. The lowest BCUT2D eigenvalue weighted by molar-refractivity contribution is -0.107. The van der Waals surface area contributed by atoms with E-state index >= 15 is 0 Å². The van der Waals surface area contributed by atoms with Crippen LogP contribution in [-0.2, 0) is 16.1 Å². The van der Waals surface area contributed by atoms with Crippen molar-refractivity contribution in [3.05, 3.63) is 34.9 Å². The van der Waals surface area contributed by atoms with E-state index in [1.807, 2.05) is 0 Å². The second-order valence-electron chi connectivity index (χ2n) is 3.66. The number of aldehydes is 1. The van der Waals surface area contributed by atoms with Gasteiger partial charge in [0.2, 0.25) is 0 Å². The number of benzene rings is 1. The molecule has 0 atom stereocenters. The number of hydrogen-bond donors (Lipinski definition) is 1. The highest BCUT2D eigenvalue weighted by Gasteiger charge is 2.21. The lowest BCUT2D eigenvalue weighted by Gasteiger charge is -2.03. The van der Waals surface area contributed by atoms with Gasteiger partial charge in [0.25, 0.3) is 5.91 Å². The highest BCUT2D eigenvalue weighted by atomic mass is 16.5. The van der Waals surface area contributed by atoms with E-state index in [-0.39, 0.29) is 24.9 Å². The third-order valence-corrected chi connectivity index (χ3v) is 2.49. The van der Waals surface area contributed by atoms with Crippen LogP contribution in [0.5, 0.6) is 0 Å². The molecule has 5 heteroatoms. The van der Waals surface area contributed by atoms with Crippen LogP contribution in [0.1, 0.15) is 32.7 Å². The zero-order chi connectivity index (χ0) is 12.3. The molecule has 5 nitrogen and oxygen atoms in total. The Bertz CT molecular complexity index is 481. The average Bonchev–Trinajstić information content (AvgIpc) is 2.71. The first-order chi connectivity index (χ1) is 8.22. The van der Waals surface area contributed by atoms with Crippen LogP contribution in [0.25, 0.3) is 0 Å². The predicted molar refractivity (Wildman–Crippen MR) is 58.6 cm³/mol. The van der Waals surface area contributed by atoms with Crippen molar-refractivity contribution in [1.82, 2.24) is 5.32 Å². The largest absolute Gasteiger partial charge is 0.457 e. The van der Waals surface area contributed by atoms with E-state index in [1.54, 1.807) is 18.2 Å². The van der Waals surface area contributed by atoms with Gasteiger partial charge in [0.15, 0.2) is 0 Å². The molecule has 1 aromatic rings. The molecule has 2 rings (SSSR count). The molecule has 1 N–H and O–H groups in total. The highest BCUT2D eigenvalue weighted by molar-refractivity contribution is 5.98. The smallest absolute Gasteiger partial charge is 0.338 e. The molecule has 1 heterocycles. The van der Waals surface area contributed by atoms with Crippen molar-refractivity contribution in [1.29, 1.82) is 0 Å². The minimum absolute atomic E-state index is 0.212. The van der Waals surface area contributed by atoms with Crippen LogP contribution >= 0.6 is 0 Å². The van der Waals surface area contributed by atoms with Crippen molar-refractivity contribution < 1.29 is 19.1 Å². The number of nitrogens with one attached hydrogen (secondary N) is 1. The van der Waals surface area contributed by atoms with Gasteiger partial charge in [-0.1, -0.05) is 0 Å². The third kappa shape index (κ3) is 2.33. The van der Waals surface area contributed by atoms with Crippen LogP contribution in [0.3, 0.4) is 0 Å². The molecule has 88 valence electrons. The monoisotopic (exact) mass is 233 g/mol. The number of fused-ring (bicyclic) bond motifs is 1. The van der Waals surface area contributed by atoms with Gasteiger partial charge < -0.3 is 14.8 Å². The first kappa shape index (κ1) is 11.3. The number of carbonyl (C=O) groups excluding carboxylic acids is 3. The Kier molecular flexibility index (Phi) is 3.18. The van der Waals surface area contributed by atoms with Gasteiger partial charge in [-0.2, -0.15) is 0 Å². The fraction of sp³-hybridized carbons (Fsp3) is 0.250. The van der Waals surface area contributed by atoms with Crippen LogP contribution in [0, 0.1) is 0 Å². The number of ether oxygens (including phenoxy) is 1. The molecule has 1 aliphatic heterocycles. The lowest BCUT2D eigenvalue weighted by Crippen LogP contribution is -2.24. The lowest BCUT2D eigenvalue weighted by atomic mass is 10.1. The van der Waals surface area contributed by atoms with Crippen molar-refractivity contribution in [2.45, 2.75) is 13.0 Å². The number of amides is 1. The van der Waals surface area contributed by atoms with E-state index in [4.69, 9.17) is 4.74 Å². The second kappa shape index (κ2) is 4.78. The van der Waals surface area contributed by atoms with Crippen molar-refractivity contribution >= 4 is 18.2 Å².